The third kappa shape index (κ3) is 2.62. The molecule has 0 bridgehead atoms. The number of aromatic hydroxyl groups is 1. The summed E-state index contributed by atoms with van der Waals surface area (Å²) in [4.78, 5) is 0. The summed E-state index contributed by atoms with van der Waals surface area (Å²) in [6, 6.07) is 22.7. The molecule has 0 aromatic heterocycles. The van der Waals surface area contributed by atoms with Gasteiger partial charge >= 0.3 is 0 Å². The molecule has 2 nitrogen and oxygen atoms in total. The van der Waals surface area contributed by atoms with Gasteiger partial charge in [-0.3, -0.25) is 0 Å². The van der Waals surface area contributed by atoms with Gasteiger partial charge in [-0.25, -0.2) is 0 Å². The van der Waals surface area contributed by atoms with Gasteiger partial charge in [0.25, 0.3) is 0 Å². The van der Waals surface area contributed by atoms with Crippen LogP contribution in [0.4, 0.5) is 0 Å². The zero-order valence-electron chi connectivity index (χ0n) is 13.3. The highest BCUT2D eigenvalue weighted by Crippen LogP contribution is 2.40. The topological polar surface area (TPSA) is 40.5 Å². The third-order valence-electron chi connectivity index (χ3n) is 4.26. The zero-order chi connectivity index (χ0) is 16.4. The van der Waals surface area contributed by atoms with Crippen molar-refractivity contribution in [2.75, 3.05) is 0 Å². The highest BCUT2D eigenvalue weighted by molar-refractivity contribution is 5.54. The van der Waals surface area contributed by atoms with Gasteiger partial charge in [-0.15, -0.1) is 0 Å². The Morgan fingerprint density at radius 2 is 1.09 bits per heavy atom. The maximum atomic E-state index is 11.8. The highest BCUT2D eigenvalue weighted by atomic mass is 16.3. The number of aryl methyl sites for hydroxylation is 2. The molecule has 0 saturated heterocycles. The number of hydrogen-bond acceptors (Lipinski definition) is 2. The van der Waals surface area contributed by atoms with Crippen LogP contribution in [-0.4, -0.2) is 10.2 Å². The molecule has 0 aliphatic rings. The molecule has 0 radical (unpaired) electrons. The molecule has 0 unspecified atom stereocenters. The van der Waals surface area contributed by atoms with Crippen LogP contribution in [0.25, 0.3) is 0 Å². The largest absolute Gasteiger partial charge is 0.508 e. The van der Waals surface area contributed by atoms with Crippen LogP contribution in [0, 0.1) is 13.8 Å². The van der Waals surface area contributed by atoms with Gasteiger partial charge in [-0.05, 0) is 53.8 Å². The van der Waals surface area contributed by atoms with Gasteiger partial charge in [0.15, 0.2) is 0 Å². The van der Waals surface area contributed by atoms with Crippen molar-refractivity contribution in [3.63, 3.8) is 0 Å². The predicted molar refractivity (Wildman–Crippen MR) is 92.6 cm³/mol. The maximum Gasteiger partial charge on any atom is 0.141 e. The van der Waals surface area contributed by atoms with Gasteiger partial charge in [-0.1, -0.05) is 60.7 Å². The Labute approximate surface area is 136 Å². The van der Waals surface area contributed by atoms with Crippen molar-refractivity contribution in [3.8, 4) is 5.75 Å². The summed E-state index contributed by atoms with van der Waals surface area (Å²) < 4.78 is 0. The molecule has 0 heterocycles. The highest BCUT2D eigenvalue weighted by Gasteiger charge is 2.36. The van der Waals surface area contributed by atoms with Gasteiger partial charge in [0.1, 0.15) is 11.4 Å². The molecule has 0 aliphatic heterocycles. The SMILES string of the molecule is Cc1cc(O)cc(C)c1C(O)(c1ccccc1)c1ccccc1. The lowest BCUT2D eigenvalue weighted by molar-refractivity contribution is 0.124. The molecule has 2 heteroatoms. The molecule has 0 fully saturated rings. The standard InChI is InChI=1S/C21H20O2/c1-15-13-19(22)14-16(2)20(15)21(23,17-9-5-3-6-10-17)18-11-7-4-8-12-18/h3-14,22-23H,1-2H3. The summed E-state index contributed by atoms with van der Waals surface area (Å²) in [5, 5.41) is 21.6. The summed E-state index contributed by atoms with van der Waals surface area (Å²) in [5.74, 6) is 0.215. The second kappa shape index (κ2) is 5.90. The van der Waals surface area contributed by atoms with Gasteiger partial charge in [0.2, 0.25) is 0 Å². The van der Waals surface area contributed by atoms with E-state index in [-0.39, 0.29) is 5.75 Å². The Morgan fingerprint density at radius 3 is 1.48 bits per heavy atom. The second-order valence-corrected chi connectivity index (χ2v) is 5.90. The first kappa shape index (κ1) is 15.3. The zero-order valence-corrected chi connectivity index (χ0v) is 13.3. The monoisotopic (exact) mass is 304 g/mol. The Balaban J connectivity index is 2.35. The fraction of sp³-hybridized carbons (Fsp3) is 0.143. The fourth-order valence-corrected chi connectivity index (χ4v) is 3.33. The van der Waals surface area contributed by atoms with E-state index in [1.807, 2.05) is 74.5 Å². The lowest BCUT2D eigenvalue weighted by Gasteiger charge is -2.33. The quantitative estimate of drug-likeness (QED) is 0.709. The van der Waals surface area contributed by atoms with Crippen LogP contribution < -0.4 is 0 Å². The summed E-state index contributed by atoms with van der Waals surface area (Å²) in [6.07, 6.45) is 0. The van der Waals surface area contributed by atoms with Crippen LogP contribution >= 0.6 is 0 Å². The Morgan fingerprint density at radius 1 is 0.696 bits per heavy atom. The lowest BCUT2D eigenvalue weighted by atomic mass is 9.76. The Bertz CT molecular complexity index is 745. The van der Waals surface area contributed by atoms with Gasteiger partial charge in [0, 0.05) is 0 Å². The second-order valence-electron chi connectivity index (χ2n) is 5.90. The van der Waals surface area contributed by atoms with Crippen LogP contribution in [0.15, 0.2) is 72.8 Å². The first-order valence-corrected chi connectivity index (χ1v) is 7.67. The molecule has 0 saturated carbocycles. The number of hydrogen-bond donors (Lipinski definition) is 2. The molecule has 3 aromatic carbocycles. The molecular weight excluding hydrogens is 284 g/mol. The summed E-state index contributed by atoms with van der Waals surface area (Å²) in [5.41, 5.74) is 2.89. The number of phenolic OH excluding ortho intramolecular Hbond substituents is 1. The molecule has 116 valence electrons. The fourth-order valence-electron chi connectivity index (χ4n) is 3.33. The molecule has 2 N–H and O–H groups in total. The van der Waals surface area contributed by atoms with Crippen molar-refractivity contribution in [2.45, 2.75) is 19.4 Å². The summed E-state index contributed by atoms with van der Waals surface area (Å²) >= 11 is 0. The van der Waals surface area contributed by atoms with Crippen molar-refractivity contribution < 1.29 is 10.2 Å². The van der Waals surface area contributed by atoms with Crippen LogP contribution in [0.3, 0.4) is 0 Å². The summed E-state index contributed by atoms with van der Waals surface area (Å²) in [7, 11) is 0. The minimum absolute atomic E-state index is 0.215. The molecule has 23 heavy (non-hydrogen) atoms. The molecule has 0 aliphatic carbocycles. The minimum atomic E-state index is -1.26. The van der Waals surface area contributed by atoms with Crippen LogP contribution in [-0.2, 0) is 5.60 Å². The van der Waals surface area contributed by atoms with E-state index in [4.69, 9.17) is 0 Å². The van der Waals surface area contributed by atoms with Gasteiger partial charge < -0.3 is 10.2 Å². The van der Waals surface area contributed by atoms with E-state index in [0.29, 0.717) is 0 Å². The Hall–Kier alpha value is -2.58. The average Bonchev–Trinajstić information content (AvgIpc) is 2.55. The van der Waals surface area contributed by atoms with Crippen LogP contribution in [0.5, 0.6) is 5.75 Å². The van der Waals surface area contributed by atoms with Crippen molar-refractivity contribution in [1.82, 2.24) is 0 Å². The van der Waals surface area contributed by atoms with E-state index in [0.717, 1.165) is 27.8 Å². The normalized spacial score (nSPS) is 11.4. The van der Waals surface area contributed by atoms with E-state index in [1.54, 1.807) is 12.1 Å². The van der Waals surface area contributed by atoms with Crippen molar-refractivity contribution in [2.24, 2.45) is 0 Å². The van der Waals surface area contributed by atoms with Gasteiger partial charge in [0.05, 0.1) is 0 Å². The molecule has 3 rings (SSSR count). The number of aliphatic hydroxyl groups is 1. The molecule has 0 amide bonds. The van der Waals surface area contributed by atoms with E-state index >= 15 is 0 Å². The molecule has 3 aromatic rings. The van der Waals surface area contributed by atoms with E-state index in [9.17, 15) is 10.2 Å². The van der Waals surface area contributed by atoms with Gasteiger partial charge in [-0.2, -0.15) is 0 Å². The number of benzene rings is 3. The average molecular weight is 304 g/mol. The first-order valence-electron chi connectivity index (χ1n) is 7.67. The lowest BCUT2D eigenvalue weighted by Crippen LogP contribution is -2.30. The predicted octanol–water partition coefficient (Wildman–Crippen LogP) is 4.29. The van der Waals surface area contributed by atoms with Crippen LogP contribution in [0.2, 0.25) is 0 Å². The number of rotatable bonds is 3. The summed E-state index contributed by atoms with van der Waals surface area (Å²) in [6.45, 7) is 3.83. The molecule has 0 atom stereocenters. The first-order chi connectivity index (χ1) is 11.0. The minimum Gasteiger partial charge on any atom is -0.508 e. The van der Waals surface area contributed by atoms with Crippen molar-refractivity contribution in [3.05, 3.63) is 101 Å². The van der Waals surface area contributed by atoms with E-state index in [2.05, 4.69) is 0 Å². The smallest absolute Gasteiger partial charge is 0.141 e. The van der Waals surface area contributed by atoms with Crippen LogP contribution in [0.1, 0.15) is 27.8 Å². The van der Waals surface area contributed by atoms with E-state index < -0.39 is 5.60 Å². The maximum absolute atomic E-state index is 11.8. The molecular formula is C21H20O2. The third-order valence-corrected chi connectivity index (χ3v) is 4.26. The molecule has 0 spiro atoms. The Kier molecular flexibility index (Phi) is 3.93. The van der Waals surface area contributed by atoms with Crippen molar-refractivity contribution >= 4 is 0 Å². The van der Waals surface area contributed by atoms with Crippen molar-refractivity contribution in [1.29, 1.82) is 0 Å². The number of phenols is 1. The van der Waals surface area contributed by atoms with E-state index in [1.165, 1.54) is 0 Å².